The predicted molar refractivity (Wildman–Crippen MR) is 211 cm³/mol. The van der Waals surface area contributed by atoms with Crippen molar-refractivity contribution in [2.75, 3.05) is 24.9 Å². The fourth-order valence-corrected chi connectivity index (χ4v) is 5.61. The third-order valence-corrected chi connectivity index (χ3v) is 8.44. The molecule has 0 aliphatic heterocycles. The number of hydrogen-bond donors (Lipinski definition) is 2. The number of ether oxygens (including phenoxy) is 2. The van der Waals surface area contributed by atoms with Gasteiger partial charge < -0.3 is 20.1 Å². The van der Waals surface area contributed by atoms with Crippen molar-refractivity contribution in [3.05, 3.63) is 119 Å². The first-order chi connectivity index (χ1) is 23.1. The van der Waals surface area contributed by atoms with Gasteiger partial charge in [-0.3, -0.25) is 9.59 Å². The second-order valence-electron chi connectivity index (χ2n) is 16.9. The first kappa shape index (κ1) is 43.1. The normalized spacial score (nSPS) is 16.1. The molecule has 0 aromatic heterocycles. The third kappa shape index (κ3) is 11.5. The average Bonchev–Trinajstić information content (AvgIpc) is 3.01. The molecule has 0 fully saturated rings. The van der Waals surface area contributed by atoms with Crippen molar-refractivity contribution in [2.45, 2.75) is 105 Å². The van der Waals surface area contributed by atoms with Gasteiger partial charge in [-0.15, -0.1) is 0 Å². The Morgan fingerprint density at radius 2 is 0.725 bits per heavy atom. The zero-order valence-electron chi connectivity index (χ0n) is 33.0. The summed E-state index contributed by atoms with van der Waals surface area (Å²) in [6, 6.07) is 8.44. The molecule has 2 aliphatic carbocycles. The van der Waals surface area contributed by atoms with E-state index in [0.717, 1.165) is 45.1 Å². The Kier molecular flexibility index (Phi) is 14.3. The van der Waals surface area contributed by atoms with Crippen LogP contribution in [0, 0.1) is 0 Å². The average molecular weight is 743 g/mol. The van der Waals surface area contributed by atoms with Crippen LogP contribution < -0.4 is 20.1 Å². The van der Waals surface area contributed by atoms with E-state index in [1.165, 1.54) is 0 Å². The zero-order valence-corrected chi connectivity index (χ0v) is 34.0. The van der Waals surface area contributed by atoms with E-state index < -0.39 is 0 Å². The monoisotopic (exact) mass is 741 g/mol. The quantitative estimate of drug-likeness (QED) is 0.227. The second-order valence-corrected chi connectivity index (χ2v) is 16.9. The van der Waals surface area contributed by atoms with Crippen molar-refractivity contribution >= 4 is 22.9 Å². The van der Waals surface area contributed by atoms with Gasteiger partial charge >= 0.3 is 0 Å². The maximum Gasteiger partial charge on any atom is 0.187 e. The molecule has 2 aromatic carbocycles. The Hall–Kier alpha value is -4.06. The first-order valence-electron chi connectivity index (χ1n) is 17.3. The summed E-state index contributed by atoms with van der Waals surface area (Å²) in [4.78, 5) is 23.8. The van der Waals surface area contributed by atoms with Crippen LogP contribution >= 0.6 is 0 Å². The van der Waals surface area contributed by atoms with E-state index in [0.29, 0.717) is 11.1 Å². The molecule has 51 heavy (non-hydrogen) atoms. The molecular formula is C44H58CuN2O4. The number of ketones is 2. The summed E-state index contributed by atoms with van der Waals surface area (Å²) in [6.45, 7) is 26.1. The fraction of sp³-hybridized carbons (Fsp3) is 0.409. The molecule has 2 aliphatic rings. The molecule has 0 spiro atoms. The van der Waals surface area contributed by atoms with Crippen molar-refractivity contribution in [1.82, 2.24) is 0 Å². The first-order valence-corrected chi connectivity index (χ1v) is 17.3. The summed E-state index contributed by atoms with van der Waals surface area (Å²) in [7, 11) is 3.46. The number of carbonyl (C=O) groups excluding carboxylic acids is 2. The Morgan fingerprint density at radius 3 is 0.941 bits per heavy atom. The van der Waals surface area contributed by atoms with E-state index in [-0.39, 0.29) is 50.3 Å². The third-order valence-electron chi connectivity index (χ3n) is 8.44. The van der Waals surface area contributed by atoms with Gasteiger partial charge in [-0.2, -0.15) is 0 Å². The number of nitrogens with one attached hydrogen (secondary N) is 2. The van der Waals surface area contributed by atoms with Crippen molar-refractivity contribution in [2.24, 2.45) is 0 Å². The summed E-state index contributed by atoms with van der Waals surface area (Å²) in [5.41, 5.74) is 7.57. The standard InChI is InChI=1S/2C22H29NO2.Cu/c2*1-21(2,3)17-12-16(13-18(20(17)25-7)22(4,5)6)23-14-15-10-8-9-11-19(15)24;/h2*8-14,23H,1-7H3;. The SMILES string of the molecule is COc1c(C(C)(C)C)cc(NC=C2C=CC=CC2=O)cc1C(C)(C)C.COc1c(C(C)(C)C)cc(NC=C2C=CC=CC2=O)cc1C(C)(C)C.[Cu]. The number of rotatable bonds is 6. The van der Waals surface area contributed by atoms with E-state index in [1.54, 1.807) is 50.9 Å². The molecule has 0 saturated heterocycles. The summed E-state index contributed by atoms with van der Waals surface area (Å²) < 4.78 is 11.6. The van der Waals surface area contributed by atoms with E-state index in [4.69, 9.17) is 9.47 Å². The van der Waals surface area contributed by atoms with Gasteiger partial charge in [0.2, 0.25) is 0 Å². The minimum Gasteiger partial charge on any atom is -0.496 e. The van der Waals surface area contributed by atoms with Crippen LogP contribution in [0.2, 0.25) is 0 Å². The predicted octanol–water partition coefficient (Wildman–Crippen LogP) is 10.6. The Balaban J connectivity index is 0.000000347. The van der Waals surface area contributed by atoms with Crippen LogP contribution in [0.4, 0.5) is 11.4 Å². The summed E-state index contributed by atoms with van der Waals surface area (Å²) >= 11 is 0. The molecule has 6 nitrogen and oxygen atoms in total. The van der Waals surface area contributed by atoms with Crippen molar-refractivity contribution in [3.8, 4) is 11.5 Å². The maximum atomic E-state index is 11.9. The Bertz CT molecular complexity index is 1580. The molecule has 0 bridgehead atoms. The van der Waals surface area contributed by atoms with Crippen LogP contribution in [0.25, 0.3) is 0 Å². The van der Waals surface area contributed by atoms with Crippen molar-refractivity contribution in [3.63, 3.8) is 0 Å². The number of methoxy groups -OCH3 is 2. The molecule has 2 aromatic rings. The van der Waals surface area contributed by atoms with Crippen LogP contribution in [-0.4, -0.2) is 25.8 Å². The molecule has 2 N–H and O–H groups in total. The van der Waals surface area contributed by atoms with E-state index in [2.05, 4.69) is 118 Å². The molecule has 7 heteroatoms. The fourth-order valence-electron chi connectivity index (χ4n) is 5.61. The zero-order chi connectivity index (χ0) is 37.7. The van der Waals surface area contributed by atoms with Crippen molar-refractivity contribution in [1.29, 1.82) is 0 Å². The number of carbonyl (C=O) groups is 2. The van der Waals surface area contributed by atoms with E-state index in [9.17, 15) is 9.59 Å². The van der Waals surface area contributed by atoms with Gasteiger partial charge in [0, 0.05) is 74.2 Å². The second kappa shape index (κ2) is 17.0. The van der Waals surface area contributed by atoms with E-state index in [1.807, 2.05) is 24.3 Å². The maximum absolute atomic E-state index is 11.9. The minimum atomic E-state index is -0.0561. The number of hydrogen-bond acceptors (Lipinski definition) is 6. The van der Waals surface area contributed by atoms with Gasteiger partial charge in [0.25, 0.3) is 0 Å². The summed E-state index contributed by atoms with van der Waals surface area (Å²) in [5, 5.41) is 6.60. The molecule has 279 valence electrons. The summed E-state index contributed by atoms with van der Waals surface area (Å²) in [6.07, 6.45) is 17.5. The van der Waals surface area contributed by atoms with Gasteiger partial charge in [-0.1, -0.05) is 107 Å². The van der Waals surface area contributed by atoms with Crippen LogP contribution in [0.3, 0.4) is 0 Å². The largest absolute Gasteiger partial charge is 0.496 e. The number of anilines is 2. The van der Waals surface area contributed by atoms with Crippen LogP contribution in [-0.2, 0) is 48.3 Å². The molecule has 0 amide bonds. The smallest absolute Gasteiger partial charge is 0.187 e. The topological polar surface area (TPSA) is 76.7 Å². The van der Waals surface area contributed by atoms with Gasteiger partial charge in [-0.25, -0.2) is 0 Å². The van der Waals surface area contributed by atoms with Gasteiger partial charge in [-0.05, 0) is 70.2 Å². The van der Waals surface area contributed by atoms with Gasteiger partial charge in [0.05, 0.1) is 14.2 Å². The van der Waals surface area contributed by atoms with Crippen LogP contribution in [0.5, 0.6) is 11.5 Å². The van der Waals surface area contributed by atoms with Gasteiger partial charge in [0.1, 0.15) is 11.5 Å². The van der Waals surface area contributed by atoms with Crippen LogP contribution in [0.15, 0.2) is 96.4 Å². The van der Waals surface area contributed by atoms with Gasteiger partial charge in [0.15, 0.2) is 11.6 Å². The number of allylic oxidation sites excluding steroid dienone is 10. The molecule has 0 unspecified atom stereocenters. The molecular weight excluding hydrogens is 684 g/mol. The van der Waals surface area contributed by atoms with Crippen molar-refractivity contribution < 1.29 is 36.1 Å². The molecule has 0 atom stereocenters. The molecule has 0 saturated carbocycles. The number of benzene rings is 2. The van der Waals surface area contributed by atoms with Crippen LogP contribution in [0.1, 0.15) is 105 Å². The van der Waals surface area contributed by atoms with E-state index >= 15 is 0 Å². The Labute approximate surface area is 317 Å². The minimum absolute atomic E-state index is 0. The molecule has 4 rings (SSSR count). The molecule has 0 heterocycles. The Morgan fingerprint density at radius 1 is 0.471 bits per heavy atom. The summed E-state index contributed by atoms with van der Waals surface area (Å²) in [5.74, 6) is 1.90. The molecule has 1 radical (unpaired) electrons.